The number of hydrogen-bond donors (Lipinski definition) is 2. The van der Waals surface area contributed by atoms with E-state index in [0.29, 0.717) is 19.0 Å². The standard InChI is InChI=1S/C13H25N3O3/c1-13(2,3)19-12(18)16-7-5-6-10(9-16)8-15-11(17)14-4/h10H,5-9H2,1-4H3,(H2,14,15,17). The molecule has 0 aromatic heterocycles. The smallest absolute Gasteiger partial charge is 0.410 e. The minimum absolute atomic E-state index is 0.186. The molecule has 0 aliphatic carbocycles. The first-order chi connectivity index (χ1) is 8.81. The van der Waals surface area contributed by atoms with Crippen molar-refractivity contribution in [3.63, 3.8) is 0 Å². The molecule has 1 heterocycles. The molecule has 1 fully saturated rings. The third kappa shape index (κ3) is 5.81. The van der Waals surface area contributed by atoms with Crippen LogP contribution < -0.4 is 10.6 Å². The topological polar surface area (TPSA) is 70.7 Å². The fourth-order valence-electron chi connectivity index (χ4n) is 2.05. The van der Waals surface area contributed by atoms with Gasteiger partial charge in [-0.25, -0.2) is 9.59 Å². The van der Waals surface area contributed by atoms with Crippen molar-refractivity contribution >= 4 is 12.1 Å². The van der Waals surface area contributed by atoms with Crippen LogP contribution in [0.2, 0.25) is 0 Å². The second-order valence-electron chi connectivity index (χ2n) is 5.89. The van der Waals surface area contributed by atoms with E-state index in [2.05, 4.69) is 10.6 Å². The van der Waals surface area contributed by atoms with Crippen LogP contribution in [0.1, 0.15) is 33.6 Å². The lowest BCUT2D eigenvalue weighted by Crippen LogP contribution is -2.46. The highest BCUT2D eigenvalue weighted by Gasteiger charge is 2.27. The van der Waals surface area contributed by atoms with Crippen molar-refractivity contribution in [3.05, 3.63) is 0 Å². The van der Waals surface area contributed by atoms with Crippen LogP contribution in [0.15, 0.2) is 0 Å². The van der Waals surface area contributed by atoms with Crippen LogP contribution >= 0.6 is 0 Å². The van der Waals surface area contributed by atoms with Crippen molar-refractivity contribution in [2.75, 3.05) is 26.7 Å². The number of rotatable bonds is 2. The van der Waals surface area contributed by atoms with Gasteiger partial charge in [0, 0.05) is 26.7 Å². The molecular formula is C13H25N3O3. The van der Waals surface area contributed by atoms with Crippen molar-refractivity contribution in [1.82, 2.24) is 15.5 Å². The Labute approximate surface area is 114 Å². The number of urea groups is 1. The summed E-state index contributed by atoms with van der Waals surface area (Å²) < 4.78 is 5.36. The van der Waals surface area contributed by atoms with Gasteiger partial charge in [0.25, 0.3) is 0 Å². The maximum Gasteiger partial charge on any atom is 0.410 e. The third-order valence-electron chi connectivity index (χ3n) is 2.95. The van der Waals surface area contributed by atoms with Crippen molar-refractivity contribution in [1.29, 1.82) is 0 Å². The van der Waals surface area contributed by atoms with Crippen molar-refractivity contribution < 1.29 is 14.3 Å². The van der Waals surface area contributed by atoms with Crippen LogP contribution in [0.5, 0.6) is 0 Å². The van der Waals surface area contributed by atoms with Gasteiger partial charge in [-0.1, -0.05) is 0 Å². The van der Waals surface area contributed by atoms with E-state index in [9.17, 15) is 9.59 Å². The average Bonchev–Trinajstić information content (AvgIpc) is 2.34. The summed E-state index contributed by atoms with van der Waals surface area (Å²) in [5.74, 6) is 0.290. The Morgan fingerprint density at radius 2 is 2.05 bits per heavy atom. The van der Waals surface area contributed by atoms with Crippen LogP contribution in [-0.4, -0.2) is 49.3 Å². The Morgan fingerprint density at radius 3 is 2.63 bits per heavy atom. The van der Waals surface area contributed by atoms with E-state index in [0.717, 1.165) is 19.4 Å². The van der Waals surface area contributed by atoms with Gasteiger partial charge in [-0.05, 0) is 39.5 Å². The average molecular weight is 271 g/mol. The molecule has 0 aromatic carbocycles. The molecule has 1 rings (SSSR count). The molecule has 6 heteroatoms. The third-order valence-corrected chi connectivity index (χ3v) is 2.95. The highest BCUT2D eigenvalue weighted by molar-refractivity contribution is 5.73. The number of nitrogens with zero attached hydrogens (tertiary/aromatic N) is 1. The minimum atomic E-state index is -0.468. The first kappa shape index (κ1) is 15.6. The van der Waals surface area contributed by atoms with Gasteiger partial charge in [0.1, 0.15) is 5.60 Å². The second kappa shape index (κ2) is 6.63. The lowest BCUT2D eigenvalue weighted by Gasteiger charge is -2.34. The molecule has 1 saturated heterocycles. The van der Waals surface area contributed by atoms with Gasteiger partial charge in [-0.15, -0.1) is 0 Å². The number of ether oxygens (including phenoxy) is 1. The first-order valence-electron chi connectivity index (χ1n) is 6.75. The molecule has 2 N–H and O–H groups in total. The van der Waals surface area contributed by atoms with Crippen LogP contribution in [0.4, 0.5) is 9.59 Å². The Kier molecular flexibility index (Phi) is 5.44. The van der Waals surface area contributed by atoms with Crippen molar-refractivity contribution in [2.24, 2.45) is 5.92 Å². The van der Waals surface area contributed by atoms with E-state index in [-0.39, 0.29) is 12.1 Å². The Morgan fingerprint density at radius 1 is 1.37 bits per heavy atom. The largest absolute Gasteiger partial charge is 0.444 e. The summed E-state index contributed by atoms with van der Waals surface area (Å²) in [4.78, 5) is 24.8. The molecular weight excluding hydrogens is 246 g/mol. The summed E-state index contributed by atoms with van der Waals surface area (Å²) in [5, 5.41) is 5.30. The molecule has 0 aromatic rings. The van der Waals surface area contributed by atoms with Gasteiger partial charge in [0.2, 0.25) is 0 Å². The van der Waals surface area contributed by atoms with E-state index in [1.165, 1.54) is 0 Å². The molecule has 1 atom stereocenters. The SMILES string of the molecule is CNC(=O)NCC1CCCN(C(=O)OC(C)(C)C)C1. The van der Waals surface area contributed by atoms with Gasteiger partial charge < -0.3 is 20.3 Å². The summed E-state index contributed by atoms with van der Waals surface area (Å²) in [6.07, 6.45) is 1.69. The molecule has 1 aliphatic rings. The molecule has 0 radical (unpaired) electrons. The number of likely N-dealkylation sites (tertiary alicyclic amines) is 1. The van der Waals surface area contributed by atoms with Gasteiger partial charge in [-0.3, -0.25) is 0 Å². The number of nitrogens with one attached hydrogen (secondary N) is 2. The maximum absolute atomic E-state index is 12.0. The van der Waals surface area contributed by atoms with Crippen LogP contribution in [-0.2, 0) is 4.74 Å². The molecule has 19 heavy (non-hydrogen) atoms. The first-order valence-corrected chi connectivity index (χ1v) is 6.75. The lowest BCUT2D eigenvalue weighted by molar-refractivity contribution is 0.0168. The van der Waals surface area contributed by atoms with Crippen molar-refractivity contribution in [3.8, 4) is 0 Å². The maximum atomic E-state index is 12.0. The normalized spacial score (nSPS) is 19.8. The van der Waals surface area contributed by atoms with Gasteiger partial charge in [0.15, 0.2) is 0 Å². The number of carbonyl (C=O) groups is 2. The van der Waals surface area contributed by atoms with E-state index < -0.39 is 5.60 Å². The Balaban J connectivity index is 2.41. The fourth-order valence-corrected chi connectivity index (χ4v) is 2.05. The van der Waals surface area contributed by atoms with E-state index >= 15 is 0 Å². The predicted octanol–water partition coefficient (Wildman–Crippen LogP) is 1.56. The molecule has 1 unspecified atom stereocenters. The zero-order chi connectivity index (χ0) is 14.5. The molecule has 110 valence electrons. The van der Waals surface area contributed by atoms with Crippen LogP contribution in [0, 0.1) is 5.92 Å². The zero-order valence-electron chi connectivity index (χ0n) is 12.3. The quantitative estimate of drug-likeness (QED) is 0.800. The Hall–Kier alpha value is -1.46. The molecule has 3 amide bonds. The number of carbonyl (C=O) groups excluding carboxylic acids is 2. The van der Waals surface area contributed by atoms with E-state index in [1.807, 2.05) is 20.8 Å². The minimum Gasteiger partial charge on any atom is -0.444 e. The van der Waals surface area contributed by atoms with Gasteiger partial charge in [0.05, 0.1) is 0 Å². The van der Waals surface area contributed by atoms with Gasteiger partial charge >= 0.3 is 12.1 Å². The molecule has 0 saturated carbocycles. The summed E-state index contributed by atoms with van der Waals surface area (Å²) in [6.45, 7) is 7.53. The molecule has 0 spiro atoms. The van der Waals surface area contributed by atoms with Crippen LogP contribution in [0.3, 0.4) is 0 Å². The number of amides is 3. The van der Waals surface area contributed by atoms with E-state index in [1.54, 1.807) is 11.9 Å². The molecule has 6 nitrogen and oxygen atoms in total. The summed E-state index contributed by atoms with van der Waals surface area (Å²) in [7, 11) is 1.59. The lowest BCUT2D eigenvalue weighted by atomic mass is 9.98. The molecule has 1 aliphatic heterocycles. The van der Waals surface area contributed by atoms with Gasteiger partial charge in [-0.2, -0.15) is 0 Å². The van der Waals surface area contributed by atoms with Crippen LogP contribution in [0.25, 0.3) is 0 Å². The fraction of sp³-hybridized carbons (Fsp3) is 0.846. The number of piperidine rings is 1. The predicted molar refractivity (Wildman–Crippen MR) is 73.0 cm³/mol. The monoisotopic (exact) mass is 271 g/mol. The Bertz CT molecular complexity index is 326. The number of hydrogen-bond acceptors (Lipinski definition) is 3. The van der Waals surface area contributed by atoms with Crippen molar-refractivity contribution in [2.45, 2.75) is 39.2 Å². The summed E-state index contributed by atoms with van der Waals surface area (Å²) in [5.41, 5.74) is -0.468. The summed E-state index contributed by atoms with van der Waals surface area (Å²) in [6, 6.07) is -0.186. The van der Waals surface area contributed by atoms with E-state index in [4.69, 9.17) is 4.74 Å². The highest BCUT2D eigenvalue weighted by Crippen LogP contribution is 2.18. The highest BCUT2D eigenvalue weighted by atomic mass is 16.6. The second-order valence-corrected chi connectivity index (χ2v) is 5.89. The zero-order valence-corrected chi connectivity index (χ0v) is 12.3. The summed E-state index contributed by atoms with van der Waals surface area (Å²) >= 11 is 0. The molecule has 0 bridgehead atoms.